The number of halogens is 1. The van der Waals surface area contributed by atoms with Crippen molar-refractivity contribution in [1.29, 1.82) is 0 Å². The van der Waals surface area contributed by atoms with Gasteiger partial charge in [-0.2, -0.15) is 0 Å². The minimum absolute atomic E-state index is 0.265. The monoisotopic (exact) mass is 865 g/mol. The fraction of sp³-hybridized carbons (Fsp3) is 0.333. The van der Waals surface area contributed by atoms with Gasteiger partial charge in [0.1, 0.15) is 42.5 Å². The van der Waals surface area contributed by atoms with Gasteiger partial charge in [0.2, 0.25) is 0 Å². The summed E-state index contributed by atoms with van der Waals surface area (Å²) in [6, 6.07) is 26.0. The van der Waals surface area contributed by atoms with E-state index in [9.17, 15) is 33.2 Å². The number of rotatable bonds is 16. The maximum Gasteiger partial charge on any atom is 0.415 e. The lowest BCUT2D eigenvalue weighted by Crippen LogP contribution is -2.59. The molecule has 330 valence electrons. The molecule has 7 atom stereocenters. The molecule has 0 bridgehead atoms. The van der Waals surface area contributed by atoms with Gasteiger partial charge in [-0.1, -0.05) is 67.9 Å². The van der Waals surface area contributed by atoms with Crippen LogP contribution in [0.25, 0.3) is 11.1 Å². The van der Waals surface area contributed by atoms with Crippen LogP contribution in [0.1, 0.15) is 81.1 Å². The number of allylic oxidation sites excluding steroid dienone is 1. The quantitative estimate of drug-likeness (QED) is 0.0350. The molecule has 2 fully saturated rings. The molecule has 15 heteroatoms. The Morgan fingerprint density at radius 1 is 0.746 bits per heavy atom. The van der Waals surface area contributed by atoms with Crippen molar-refractivity contribution in [2.24, 2.45) is 0 Å². The summed E-state index contributed by atoms with van der Waals surface area (Å²) in [5, 5.41) is 0. The van der Waals surface area contributed by atoms with Gasteiger partial charge in [0, 0.05) is 44.5 Å². The number of carbonyl (C=O) groups is 6. The van der Waals surface area contributed by atoms with Crippen LogP contribution in [0.4, 0.5) is 14.9 Å². The lowest BCUT2D eigenvalue weighted by Gasteiger charge is -2.44. The van der Waals surface area contributed by atoms with Crippen molar-refractivity contribution >= 4 is 41.4 Å². The molecule has 2 saturated heterocycles. The molecule has 0 spiro atoms. The molecule has 0 aromatic heterocycles. The Morgan fingerprint density at radius 2 is 1.38 bits per heavy atom. The van der Waals surface area contributed by atoms with E-state index in [4.69, 9.17) is 33.2 Å². The van der Waals surface area contributed by atoms with Crippen LogP contribution in [0.2, 0.25) is 0 Å². The van der Waals surface area contributed by atoms with Crippen molar-refractivity contribution in [2.45, 2.75) is 90.1 Å². The van der Waals surface area contributed by atoms with E-state index in [1.54, 1.807) is 48.5 Å². The molecule has 4 aromatic carbocycles. The highest BCUT2D eigenvalue weighted by atomic mass is 19.1. The summed E-state index contributed by atoms with van der Waals surface area (Å²) in [5.74, 6) is -3.21. The van der Waals surface area contributed by atoms with E-state index in [1.807, 2.05) is 31.2 Å². The molecule has 2 heterocycles. The first-order chi connectivity index (χ1) is 30.2. The fourth-order valence-corrected chi connectivity index (χ4v) is 7.48. The third-order valence-electron chi connectivity index (χ3n) is 10.3. The summed E-state index contributed by atoms with van der Waals surface area (Å²) in [6.45, 7) is 6.74. The van der Waals surface area contributed by atoms with Crippen LogP contribution in [-0.2, 0) is 47.6 Å². The van der Waals surface area contributed by atoms with Gasteiger partial charge in [-0.05, 0) is 77.7 Å². The van der Waals surface area contributed by atoms with Crippen molar-refractivity contribution < 1.29 is 66.3 Å². The average molecular weight is 866 g/mol. The number of carbonyl (C=O) groups excluding carboxylic acids is 6. The predicted octanol–water partition coefficient (Wildman–Crippen LogP) is 7.98. The Morgan fingerprint density at radius 3 is 2.02 bits per heavy atom. The molecular formula is C48H48FNO13. The van der Waals surface area contributed by atoms with E-state index in [1.165, 1.54) is 55.2 Å². The van der Waals surface area contributed by atoms with Crippen LogP contribution >= 0.6 is 0 Å². The fourth-order valence-electron chi connectivity index (χ4n) is 7.48. The first-order valence-corrected chi connectivity index (χ1v) is 20.4. The zero-order chi connectivity index (χ0) is 45.2. The molecule has 2 aliphatic rings. The average Bonchev–Trinajstić information content (AvgIpc) is 3.58. The Kier molecular flexibility index (Phi) is 15.1. The van der Waals surface area contributed by atoms with Gasteiger partial charge in [-0.3, -0.25) is 28.9 Å². The molecule has 0 N–H and O–H groups in total. The second-order valence-electron chi connectivity index (χ2n) is 14.9. The standard InChI is InChI=1S/C48H48FNO13/c1-6-7-25-57-41-26-35(19-22-38(41)43-40(24-23-39(55)33-17-20-36(49)21-18-33)63-48(56)50(43)37-11-9-8-10-12-37)32-13-15-34(16-14-32)44-46(60-30(4)53)47(61-31(5)54)45(59-29(3)52)42(62-44)27-58-28(2)51/h8-24,26,40,42-47H,6-7,25,27H2,1-5H3/b24-23+/t40-,42-,43-,44?,45-,46+,47+/m1/s1. The molecule has 2 aliphatic heterocycles. The van der Waals surface area contributed by atoms with Gasteiger partial charge in [0.15, 0.2) is 24.1 Å². The SMILES string of the molecule is CCCCOc1cc(-c2ccc(C3O[C@H](COC(C)=O)[C@@H](OC(C)=O)[C@H](OC(C)=O)[C@H]3OC(C)=O)cc2)ccc1[C@@H]1[C@@H](/C=C/C(=O)c2ccc(F)cc2)OC(=O)N1c1ccccc1. The summed E-state index contributed by atoms with van der Waals surface area (Å²) in [6.07, 6.45) is -3.21. The maximum absolute atomic E-state index is 13.6. The van der Waals surface area contributed by atoms with E-state index in [0.29, 0.717) is 29.2 Å². The number of esters is 4. The van der Waals surface area contributed by atoms with Crippen molar-refractivity contribution in [3.63, 3.8) is 0 Å². The zero-order valence-corrected chi connectivity index (χ0v) is 35.4. The second-order valence-corrected chi connectivity index (χ2v) is 14.9. The number of ether oxygens (including phenoxy) is 7. The molecule has 14 nitrogen and oxygen atoms in total. The summed E-state index contributed by atoms with van der Waals surface area (Å²) < 4.78 is 54.3. The number of anilines is 1. The normalized spacial score (nSPS) is 21.9. The number of para-hydroxylation sites is 1. The van der Waals surface area contributed by atoms with Gasteiger partial charge < -0.3 is 33.2 Å². The number of nitrogens with zero attached hydrogens (tertiary/aromatic N) is 1. The highest BCUT2D eigenvalue weighted by Gasteiger charge is 2.52. The number of benzene rings is 4. The van der Waals surface area contributed by atoms with Gasteiger partial charge >= 0.3 is 30.0 Å². The zero-order valence-electron chi connectivity index (χ0n) is 35.4. The van der Waals surface area contributed by atoms with Crippen molar-refractivity contribution in [3.05, 3.63) is 132 Å². The van der Waals surface area contributed by atoms with Crippen LogP contribution in [0, 0.1) is 5.82 Å². The highest BCUT2D eigenvalue weighted by Crippen LogP contribution is 2.44. The number of hydrogen-bond donors (Lipinski definition) is 0. The minimum atomic E-state index is -1.33. The van der Waals surface area contributed by atoms with Crippen LogP contribution < -0.4 is 9.64 Å². The van der Waals surface area contributed by atoms with E-state index in [0.717, 1.165) is 37.8 Å². The Bertz CT molecular complexity index is 2310. The third-order valence-corrected chi connectivity index (χ3v) is 10.3. The summed E-state index contributed by atoms with van der Waals surface area (Å²) >= 11 is 0. The molecule has 0 saturated carbocycles. The summed E-state index contributed by atoms with van der Waals surface area (Å²) in [5.41, 5.74) is 3.40. The molecule has 6 rings (SSSR count). The number of ketones is 1. The van der Waals surface area contributed by atoms with Crippen LogP contribution in [0.15, 0.2) is 109 Å². The second kappa shape index (κ2) is 20.8. The van der Waals surface area contributed by atoms with Crippen LogP contribution in [0.3, 0.4) is 0 Å². The van der Waals surface area contributed by atoms with Gasteiger partial charge in [0.25, 0.3) is 0 Å². The summed E-state index contributed by atoms with van der Waals surface area (Å²) in [4.78, 5) is 77.1. The number of unbranched alkanes of at least 4 members (excludes halogenated alkanes) is 1. The van der Waals surface area contributed by atoms with E-state index in [-0.39, 0.29) is 12.2 Å². The van der Waals surface area contributed by atoms with E-state index in [2.05, 4.69) is 0 Å². The van der Waals surface area contributed by atoms with E-state index < -0.39 is 84.2 Å². The first-order valence-electron chi connectivity index (χ1n) is 20.4. The molecule has 1 unspecified atom stereocenters. The lowest BCUT2D eigenvalue weighted by atomic mass is 9.89. The number of hydrogen-bond acceptors (Lipinski definition) is 13. The largest absolute Gasteiger partial charge is 0.493 e. The van der Waals surface area contributed by atoms with Crippen LogP contribution in [-0.4, -0.2) is 79.5 Å². The Hall–Kier alpha value is -6.87. The minimum Gasteiger partial charge on any atom is -0.493 e. The molecule has 0 radical (unpaired) electrons. The topological polar surface area (TPSA) is 170 Å². The maximum atomic E-state index is 13.6. The summed E-state index contributed by atoms with van der Waals surface area (Å²) in [7, 11) is 0. The molecule has 0 aliphatic carbocycles. The molecule has 63 heavy (non-hydrogen) atoms. The Balaban J connectivity index is 1.37. The van der Waals surface area contributed by atoms with Crippen molar-refractivity contribution in [1.82, 2.24) is 0 Å². The smallest absolute Gasteiger partial charge is 0.415 e. The number of amides is 1. The molecular weight excluding hydrogens is 818 g/mol. The molecule has 4 aromatic rings. The first kappa shape index (κ1) is 45.7. The van der Waals surface area contributed by atoms with E-state index >= 15 is 0 Å². The highest BCUT2D eigenvalue weighted by molar-refractivity contribution is 6.04. The third kappa shape index (κ3) is 11.3. The van der Waals surface area contributed by atoms with Gasteiger partial charge in [0.05, 0.1) is 6.61 Å². The van der Waals surface area contributed by atoms with Crippen LogP contribution in [0.5, 0.6) is 5.75 Å². The van der Waals surface area contributed by atoms with Crippen molar-refractivity contribution in [2.75, 3.05) is 18.1 Å². The Labute approximate surface area is 363 Å². The lowest BCUT2D eigenvalue weighted by molar-refractivity contribution is -0.254. The predicted molar refractivity (Wildman–Crippen MR) is 225 cm³/mol. The molecule has 1 amide bonds. The number of cyclic esters (lactones) is 1. The van der Waals surface area contributed by atoms with Gasteiger partial charge in [-0.25, -0.2) is 9.18 Å². The van der Waals surface area contributed by atoms with Gasteiger partial charge in [-0.15, -0.1) is 0 Å². The van der Waals surface area contributed by atoms with Crippen molar-refractivity contribution in [3.8, 4) is 16.9 Å².